The maximum atomic E-state index is 4.61. The highest BCUT2D eigenvalue weighted by molar-refractivity contribution is 5.88. The molecule has 0 amide bonds. The van der Waals surface area contributed by atoms with E-state index >= 15 is 0 Å². The number of pyridine rings is 1. The van der Waals surface area contributed by atoms with Crippen molar-refractivity contribution in [3.8, 4) is 0 Å². The van der Waals surface area contributed by atoms with Gasteiger partial charge in [-0.25, -0.2) is 4.98 Å². The maximum Gasteiger partial charge on any atom is 0.146 e. The third-order valence-electron chi connectivity index (χ3n) is 3.74. The van der Waals surface area contributed by atoms with Crippen LogP contribution in [-0.2, 0) is 0 Å². The highest BCUT2D eigenvalue weighted by atomic mass is 15.3. The summed E-state index contributed by atoms with van der Waals surface area (Å²) in [4.78, 5) is 4.23. The van der Waals surface area contributed by atoms with Crippen molar-refractivity contribution >= 4 is 11.5 Å². The van der Waals surface area contributed by atoms with Gasteiger partial charge in [0.05, 0.1) is 0 Å². The minimum absolute atomic E-state index is 0.623. The first-order valence-electron chi connectivity index (χ1n) is 6.90. The lowest BCUT2D eigenvalue weighted by Crippen LogP contribution is -2.28. The van der Waals surface area contributed by atoms with Crippen molar-refractivity contribution in [2.45, 2.75) is 40.0 Å². The summed E-state index contributed by atoms with van der Waals surface area (Å²) in [5.41, 5.74) is 4.41. The molecule has 0 saturated heterocycles. The Bertz CT molecular complexity index is 397. The summed E-state index contributed by atoms with van der Waals surface area (Å²) in [6, 6.07) is 5.83. The van der Waals surface area contributed by atoms with E-state index in [0.717, 1.165) is 18.2 Å². The van der Waals surface area contributed by atoms with Crippen LogP contribution in [0.3, 0.4) is 0 Å². The summed E-state index contributed by atoms with van der Waals surface area (Å²) < 4.78 is 0. The van der Waals surface area contributed by atoms with Crippen molar-refractivity contribution in [1.82, 2.24) is 4.98 Å². The molecule has 1 N–H and O–H groups in total. The first kappa shape index (κ1) is 13.1. The van der Waals surface area contributed by atoms with Gasteiger partial charge in [-0.2, -0.15) is 5.10 Å². The van der Waals surface area contributed by atoms with Crippen LogP contribution in [0.5, 0.6) is 0 Å². The van der Waals surface area contributed by atoms with E-state index in [1.165, 1.54) is 18.6 Å². The number of aromatic nitrogens is 1. The molecule has 2 atom stereocenters. The van der Waals surface area contributed by atoms with Gasteiger partial charge in [0.25, 0.3) is 0 Å². The fourth-order valence-electron chi connectivity index (χ4n) is 2.65. The molecule has 0 bridgehead atoms. The van der Waals surface area contributed by atoms with Crippen LogP contribution < -0.4 is 5.43 Å². The quantitative estimate of drug-likeness (QED) is 0.819. The zero-order valence-electron chi connectivity index (χ0n) is 11.6. The predicted molar refractivity (Wildman–Crippen MR) is 76.6 cm³/mol. The molecule has 1 fully saturated rings. The Labute approximate surface area is 110 Å². The zero-order chi connectivity index (χ0) is 13.0. The molecular weight excluding hydrogens is 222 g/mol. The molecule has 0 radical (unpaired) electrons. The van der Waals surface area contributed by atoms with Crippen LogP contribution in [0.25, 0.3) is 0 Å². The first-order chi connectivity index (χ1) is 8.66. The highest BCUT2D eigenvalue weighted by Gasteiger charge is 2.26. The van der Waals surface area contributed by atoms with E-state index in [4.69, 9.17) is 0 Å². The number of anilines is 1. The minimum Gasteiger partial charge on any atom is -0.261 e. The summed E-state index contributed by atoms with van der Waals surface area (Å²) in [6.07, 6.45) is 5.49. The van der Waals surface area contributed by atoms with Gasteiger partial charge in [0.15, 0.2) is 0 Å². The van der Waals surface area contributed by atoms with Crippen LogP contribution in [0.4, 0.5) is 5.82 Å². The standard InChI is InChI=1S/C15H23N3/c1-11(2)13-8-7-12(3)10-14(13)17-18-15-6-4-5-9-16-15/h4-6,9,11-13H,7-8,10H2,1-3H3,(H,16,18)/b17-14-/t12-,13+/m1/s1. The SMILES string of the molecule is CC(C)[C@@H]1CC[C@@H](C)C/C1=N/Nc1ccccn1. The van der Waals surface area contributed by atoms with Crippen molar-refractivity contribution in [3.05, 3.63) is 24.4 Å². The highest BCUT2D eigenvalue weighted by Crippen LogP contribution is 2.31. The summed E-state index contributed by atoms with van der Waals surface area (Å²) >= 11 is 0. The van der Waals surface area contributed by atoms with E-state index in [1.807, 2.05) is 18.2 Å². The normalized spacial score (nSPS) is 26.6. The fraction of sp³-hybridized carbons (Fsp3) is 0.600. The Hall–Kier alpha value is -1.38. The summed E-state index contributed by atoms with van der Waals surface area (Å²) in [5.74, 6) is 2.87. The van der Waals surface area contributed by atoms with Gasteiger partial charge < -0.3 is 0 Å². The number of hydrogen-bond donors (Lipinski definition) is 1. The van der Waals surface area contributed by atoms with Gasteiger partial charge in [-0.3, -0.25) is 5.43 Å². The predicted octanol–water partition coefficient (Wildman–Crippen LogP) is 3.94. The van der Waals surface area contributed by atoms with E-state index in [-0.39, 0.29) is 0 Å². The summed E-state index contributed by atoms with van der Waals surface area (Å²) in [5, 5.41) is 4.61. The summed E-state index contributed by atoms with van der Waals surface area (Å²) in [7, 11) is 0. The molecule has 0 aliphatic heterocycles. The summed E-state index contributed by atoms with van der Waals surface area (Å²) in [6.45, 7) is 6.89. The van der Waals surface area contributed by atoms with Gasteiger partial charge in [0, 0.05) is 17.8 Å². The monoisotopic (exact) mass is 245 g/mol. The van der Waals surface area contributed by atoms with Crippen LogP contribution in [-0.4, -0.2) is 10.7 Å². The third kappa shape index (κ3) is 3.31. The largest absolute Gasteiger partial charge is 0.261 e. The van der Waals surface area contributed by atoms with E-state index in [2.05, 4.69) is 36.3 Å². The molecule has 1 heterocycles. The lowest BCUT2D eigenvalue weighted by atomic mass is 9.76. The number of rotatable bonds is 3. The van der Waals surface area contributed by atoms with E-state index < -0.39 is 0 Å². The third-order valence-corrected chi connectivity index (χ3v) is 3.74. The molecule has 1 saturated carbocycles. The average molecular weight is 245 g/mol. The van der Waals surface area contributed by atoms with E-state index in [9.17, 15) is 0 Å². The molecular formula is C15H23N3. The first-order valence-corrected chi connectivity index (χ1v) is 6.90. The van der Waals surface area contributed by atoms with Gasteiger partial charge in [-0.15, -0.1) is 0 Å². The topological polar surface area (TPSA) is 37.3 Å². The molecule has 3 nitrogen and oxygen atoms in total. The fourth-order valence-corrected chi connectivity index (χ4v) is 2.65. The molecule has 98 valence electrons. The molecule has 18 heavy (non-hydrogen) atoms. The Balaban J connectivity index is 2.07. The Morgan fingerprint density at radius 2 is 2.17 bits per heavy atom. The minimum atomic E-state index is 0.623. The Morgan fingerprint density at radius 1 is 1.33 bits per heavy atom. The van der Waals surface area contributed by atoms with Gasteiger partial charge in [-0.05, 0) is 43.2 Å². The van der Waals surface area contributed by atoms with Crippen molar-refractivity contribution < 1.29 is 0 Å². The lowest BCUT2D eigenvalue weighted by Gasteiger charge is -2.30. The van der Waals surface area contributed by atoms with Crippen LogP contribution in [0, 0.1) is 17.8 Å². The molecule has 0 aromatic carbocycles. The second kappa shape index (κ2) is 5.98. The van der Waals surface area contributed by atoms with Crippen LogP contribution in [0.15, 0.2) is 29.5 Å². The molecule has 1 aliphatic rings. The van der Waals surface area contributed by atoms with Crippen molar-refractivity contribution in [1.29, 1.82) is 0 Å². The number of nitrogens with one attached hydrogen (secondary N) is 1. The van der Waals surface area contributed by atoms with Crippen molar-refractivity contribution in [3.63, 3.8) is 0 Å². The lowest BCUT2D eigenvalue weighted by molar-refractivity contribution is 0.364. The number of nitrogens with zero attached hydrogens (tertiary/aromatic N) is 2. The van der Waals surface area contributed by atoms with Crippen LogP contribution >= 0.6 is 0 Å². The Morgan fingerprint density at radius 3 is 2.83 bits per heavy atom. The van der Waals surface area contributed by atoms with Crippen LogP contribution in [0.1, 0.15) is 40.0 Å². The molecule has 1 aliphatic carbocycles. The van der Waals surface area contributed by atoms with Gasteiger partial charge in [-0.1, -0.05) is 26.8 Å². The molecule has 1 aromatic heterocycles. The van der Waals surface area contributed by atoms with Gasteiger partial charge in [0.2, 0.25) is 0 Å². The van der Waals surface area contributed by atoms with Gasteiger partial charge >= 0.3 is 0 Å². The molecule has 3 heteroatoms. The second-order valence-corrected chi connectivity index (χ2v) is 5.67. The smallest absolute Gasteiger partial charge is 0.146 e. The molecule has 0 unspecified atom stereocenters. The average Bonchev–Trinajstić information content (AvgIpc) is 2.37. The number of hydrogen-bond acceptors (Lipinski definition) is 3. The molecule has 2 rings (SSSR count). The molecule has 1 aromatic rings. The maximum absolute atomic E-state index is 4.61. The van der Waals surface area contributed by atoms with Gasteiger partial charge in [0.1, 0.15) is 5.82 Å². The number of hydrazone groups is 1. The molecule has 0 spiro atoms. The van der Waals surface area contributed by atoms with Crippen LogP contribution in [0.2, 0.25) is 0 Å². The zero-order valence-corrected chi connectivity index (χ0v) is 11.6. The second-order valence-electron chi connectivity index (χ2n) is 5.67. The van der Waals surface area contributed by atoms with E-state index in [0.29, 0.717) is 11.8 Å². The van der Waals surface area contributed by atoms with Crippen molar-refractivity contribution in [2.24, 2.45) is 22.9 Å². The Kier molecular flexibility index (Phi) is 4.34. The van der Waals surface area contributed by atoms with E-state index in [1.54, 1.807) is 6.20 Å². The van der Waals surface area contributed by atoms with Crippen molar-refractivity contribution in [2.75, 3.05) is 5.43 Å².